The number of hydrogen-bond acceptors (Lipinski definition) is 1. The zero-order valence-electron chi connectivity index (χ0n) is 7.08. The van der Waals surface area contributed by atoms with Crippen LogP contribution in [-0.2, 0) is 0 Å². The van der Waals surface area contributed by atoms with Crippen LogP contribution in [-0.4, -0.2) is 6.18 Å². The molecule has 0 aliphatic rings. The van der Waals surface area contributed by atoms with Gasteiger partial charge in [-0.15, -0.1) is 0 Å². The maximum Gasteiger partial charge on any atom is 0.407 e. The van der Waals surface area contributed by atoms with Crippen LogP contribution in [0.5, 0.6) is 0 Å². The molecule has 0 radical (unpaired) electrons. The van der Waals surface area contributed by atoms with Crippen LogP contribution in [0.3, 0.4) is 0 Å². The Morgan fingerprint density at radius 3 is 2.13 bits per heavy atom. The van der Waals surface area contributed by atoms with Gasteiger partial charge in [0.25, 0.3) is 0 Å². The molecule has 1 nitrogen and oxygen atoms in total. The molecule has 84 valence electrons. The number of alkyl halides is 3. The monoisotopic (exact) mass is 261 g/mol. The lowest BCUT2D eigenvalue weighted by Crippen LogP contribution is -2.28. The van der Waals surface area contributed by atoms with E-state index < -0.39 is 23.6 Å². The number of benzene rings is 1. The second-order valence-corrected chi connectivity index (χ2v) is 3.62. The van der Waals surface area contributed by atoms with Crippen LogP contribution in [0.1, 0.15) is 11.6 Å². The van der Waals surface area contributed by atoms with Gasteiger partial charge in [0.05, 0.1) is 5.02 Å². The average Bonchev–Trinajstić information content (AvgIpc) is 2.08. The van der Waals surface area contributed by atoms with Crippen molar-refractivity contribution in [1.82, 2.24) is 0 Å². The summed E-state index contributed by atoms with van der Waals surface area (Å²) in [5.41, 5.74) is 4.34. The van der Waals surface area contributed by atoms with Crippen LogP contribution in [0.25, 0.3) is 0 Å². The van der Waals surface area contributed by atoms with Crippen molar-refractivity contribution in [2.75, 3.05) is 0 Å². The molecule has 1 aromatic carbocycles. The van der Waals surface area contributed by atoms with Crippen LogP contribution in [0.2, 0.25) is 10.0 Å². The molecule has 2 N–H and O–H groups in total. The first-order valence-corrected chi connectivity index (χ1v) is 4.46. The summed E-state index contributed by atoms with van der Waals surface area (Å²) in [6.07, 6.45) is -4.68. The highest BCUT2D eigenvalue weighted by atomic mass is 35.5. The molecule has 1 atom stereocenters. The van der Waals surface area contributed by atoms with E-state index in [1.165, 1.54) is 0 Å². The maximum absolute atomic E-state index is 12.9. The Balaban J connectivity index is 3.21. The number of nitrogens with two attached hydrogens (primary N) is 1. The molecular formula is C8H5Cl2F4N. The minimum Gasteiger partial charge on any atom is -0.316 e. The molecule has 0 amide bonds. The van der Waals surface area contributed by atoms with Gasteiger partial charge in [0, 0.05) is 5.02 Å². The highest BCUT2D eigenvalue weighted by Gasteiger charge is 2.39. The quantitative estimate of drug-likeness (QED) is 0.606. The summed E-state index contributed by atoms with van der Waals surface area (Å²) < 4.78 is 49.5. The van der Waals surface area contributed by atoms with E-state index in [1.807, 2.05) is 0 Å². The Morgan fingerprint density at radius 1 is 1.13 bits per heavy atom. The predicted octanol–water partition coefficient (Wildman–Crippen LogP) is 3.69. The van der Waals surface area contributed by atoms with Crippen molar-refractivity contribution in [3.8, 4) is 0 Å². The Bertz CT molecular complexity index is 378. The summed E-state index contributed by atoms with van der Waals surface area (Å²) in [4.78, 5) is 0. The van der Waals surface area contributed by atoms with Crippen LogP contribution >= 0.6 is 23.2 Å². The smallest absolute Gasteiger partial charge is 0.316 e. The van der Waals surface area contributed by atoms with Gasteiger partial charge in [-0.25, -0.2) is 4.39 Å². The first kappa shape index (κ1) is 12.5. The van der Waals surface area contributed by atoms with Crippen molar-refractivity contribution in [1.29, 1.82) is 0 Å². The molecule has 1 aromatic rings. The second-order valence-electron chi connectivity index (χ2n) is 2.81. The predicted molar refractivity (Wildman–Crippen MR) is 49.4 cm³/mol. The molecular weight excluding hydrogens is 257 g/mol. The largest absolute Gasteiger partial charge is 0.407 e. The highest BCUT2D eigenvalue weighted by molar-refractivity contribution is 6.35. The molecule has 0 fully saturated rings. The summed E-state index contributed by atoms with van der Waals surface area (Å²) in [7, 11) is 0. The van der Waals surface area contributed by atoms with Crippen molar-refractivity contribution in [3.05, 3.63) is 33.6 Å². The van der Waals surface area contributed by atoms with E-state index in [1.54, 1.807) is 0 Å². The minimum atomic E-state index is -4.68. The molecule has 0 aliphatic carbocycles. The highest BCUT2D eigenvalue weighted by Crippen LogP contribution is 2.36. The van der Waals surface area contributed by atoms with Crippen molar-refractivity contribution in [2.45, 2.75) is 12.2 Å². The van der Waals surface area contributed by atoms with Crippen molar-refractivity contribution >= 4 is 23.2 Å². The first-order valence-electron chi connectivity index (χ1n) is 3.70. The van der Waals surface area contributed by atoms with Gasteiger partial charge in [-0.05, 0) is 17.7 Å². The standard InChI is InChI=1S/C8H5Cl2F4N/c9-4-2-5(10)6(11)1-3(4)7(15)8(12,13)14/h1-2,7H,15H2/t7-/m1/s1. The Morgan fingerprint density at radius 2 is 1.67 bits per heavy atom. The molecule has 0 aromatic heterocycles. The van der Waals surface area contributed by atoms with E-state index in [9.17, 15) is 17.6 Å². The van der Waals surface area contributed by atoms with Crippen LogP contribution in [0.4, 0.5) is 17.6 Å². The molecule has 0 saturated carbocycles. The molecule has 0 spiro atoms. The summed E-state index contributed by atoms with van der Waals surface area (Å²) in [6.45, 7) is 0. The molecule has 0 aliphatic heterocycles. The Hall–Kier alpha value is -0.520. The zero-order chi connectivity index (χ0) is 11.8. The fraction of sp³-hybridized carbons (Fsp3) is 0.250. The first-order chi connectivity index (χ1) is 6.73. The van der Waals surface area contributed by atoms with Crippen molar-refractivity contribution in [2.24, 2.45) is 5.73 Å². The van der Waals surface area contributed by atoms with E-state index >= 15 is 0 Å². The lowest BCUT2D eigenvalue weighted by atomic mass is 10.1. The third-order valence-electron chi connectivity index (χ3n) is 1.73. The maximum atomic E-state index is 12.9. The third-order valence-corrected chi connectivity index (χ3v) is 2.34. The van der Waals surface area contributed by atoms with E-state index in [4.69, 9.17) is 28.9 Å². The summed E-state index contributed by atoms with van der Waals surface area (Å²) in [6, 6.07) is -0.848. The van der Waals surface area contributed by atoms with Gasteiger partial charge < -0.3 is 5.73 Å². The minimum absolute atomic E-state index is 0.314. The molecule has 0 heterocycles. The normalized spacial score (nSPS) is 14.1. The van der Waals surface area contributed by atoms with Crippen LogP contribution in [0.15, 0.2) is 12.1 Å². The lowest BCUT2D eigenvalue weighted by Gasteiger charge is -2.17. The third kappa shape index (κ3) is 2.74. The van der Waals surface area contributed by atoms with E-state index in [-0.39, 0.29) is 10.0 Å². The molecule has 0 unspecified atom stereocenters. The lowest BCUT2D eigenvalue weighted by molar-refractivity contribution is -0.149. The molecule has 0 saturated heterocycles. The Labute approximate surface area is 92.8 Å². The topological polar surface area (TPSA) is 26.0 Å². The Kier molecular flexibility index (Phi) is 3.48. The van der Waals surface area contributed by atoms with E-state index in [2.05, 4.69) is 0 Å². The van der Waals surface area contributed by atoms with Gasteiger partial charge in [-0.2, -0.15) is 13.2 Å². The molecule has 0 bridgehead atoms. The van der Waals surface area contributed by atoms with Gasteiger partial charge in [0.1, 0.15) is 11.9 Å². The molecule has 7 heteroatoms. The average molecular weight is 262 g/mol. The van der Waals surface area contributed by atoms with E-state index in [0.717, 1.165) is 6.07 Å². The van der Waals surface area contributed by atoms with Crippen molar-refractivity contribution < 1.29 is 17.6 Å². The number of halogens is 6. The summed E-state index contributed by atoms with van der Waals surface area (Å²) in [5, 5.41) is -0.663. The van der Waals surface area contributed by atoms with Gasteiger partial charge >= 0.3 is 6.18 Å². The molecule has 15 heavy (non-hydrogen) atoms. The molecule has 1 rings (SSSR count). The zero-order valence-corrected chi connectivity index (χ0v) is 8.59. The number of hydrogen-bond donors (Lipinski definition) is 1. The second kappa shape index (κ2) is 4.15. The van der Waals surface area contributed by atoms with Crippen LogP contribution in [0, 0.1) is 5.82 Å². The van der Waals surface area contributed by atoms with E-state index in [0.29, 0.717) is 6.07 Å². The number of rotatable bonds is 1. The SMILES string of the molecule is N[C@H](c1cc(F)c(Cl)cc1Cl)C(F)(F)F. The van der Waals surface area contributed by atoms with Gasteiger partial charge in [0.15, 0.2) is 0 Å². The van der Waals surface area contributed by atoms with Crippen LogP contribution < -0.4 is 5.73 Å². The van der Waals surface area contributed by atoms with Crippen molar-refractivity contribution in [3.63, 3.8) is 0 Å². The fourth-order valence-corrected chi connectivity index (χ4v) is 1.45. The fourth-order valence-electron chi connectivity index (χ4n) is 0.953. The van der Waals surface area contributed by atoms with Gasteiger partial charge in [-0.3, -0.25) is 0 Å². The summed E-state index contributed by atoms with van der Waals surface area (Å²) >= 11 is 10.8. The summed E-state index contributed by atoms with van der Waals surface area (Å²) in [5.74, 6) is -0.990. The van der Waals surface area contributed by atoms with Gasteiger partial charge in [0.2, 0.25) is 0 Å². The van der Waals surface area contributed by atoms with Gasteiger partial charge in [-0.1, -0.05) is 23.2 Å².